The molecule has 0 aliphatic carbocycles. The summed E-state index contributed by atoms with van der Waals surface area (Å²) in [5, 5.41) is 0. The van der Waals surface area contributed by atoms with Crippen molar-refractivity contribution in [3.05, 3.63) is 83.9 Å². The Balaban J connectivity index is 1.42. The summed E-state index contributed by atoms with van der Waals surface area (Å²) in [4.78, 5) is 33.3. The number of anilines is 2. The summed E-state index contributed by atoms with van der Waals surface area (Å²) in [7, 11) is -1.50. The summed E-state index contributed by atoms with van der Waals surface area (Å²) in [5.74, 6) is -0.261. The Kier molecular flexibility index (Phi) is 5.72. The molecular formula is C26H25N3O3S. The first-order valence-corrected chi connectivity index (χ1v) is 12.3. The minimum absolute atomic E-state index is 0.0680. The molecule has 3 aromatic rings. The van der Waals surface area contributed by atoms with E-state index >= 15 is 0 Å². The van der Waals surface area contributed by atoms with Crippen molar-refractivity contribution in [1.29, 1.82) is 0 Å². The third kappa shape index (κ3) is 3.82. The molecule has 0 saturated carbocycles. The molecule has 168 valence electrons. The van der Waals surface area contributed by atoms with E-state index in [9.17, 15) is 13.8 Å². The van der Waals surface area contributed by atoms with Gasteiger partial charge in [0.25, 0.3) is 11.8 Å². The van der Waals surface area contributed by atoms with Crippen molar-refractivity contribution >= 4 is 34.0 Å². The maximum atomic E-state index is 13.3. The minimum atomic E-state index is -1.50. The number of carbonyl (C=O) groups is 2. The zero-order valence-electron chi connectivity index (χ0n) is 18.4. The second kappa shape index (κ2) is 8.83. The van der Waals surface area contributed by atoms with Crippen LogP contribution in [0.15, 0.2) is 82.6 Å². The van der Waals surface area contributed by atoms with Crippen LogP contribution in [0.1, 0.15) is 27.6 Å². The van der Waals surface area contributed by atoms with Gasteiger partial charge in [0.2, 0.25) is 0 Å². The molecule has 1 saturated heterocycles. The number of piperazine rings is 1. The minimum Gasteiger partial charge on any atom is -0.368 e. The number of rotatable bonds is 3. The molecule has 0 bridgehead atoms. The van der Waals surface area contributed by atoms with Crippen LogP contribution in [0.3, 0.4) is 0 Å². The molecule has 2 heterocycles. The van der Waals surface area contributed by atoms with Gasteiger partial charge < -0.3 is 14.7 Å². The van der Waals surface area contributed by atoms with E-state index in [2.05, 4.69) is 17.0 Å². The molecule has 2 aliphatic heterocycles. The van der Waals surface area contributed by atoms with Crippen molar-refractivity contribution in [2.75, 3.05) is 42.5 Å². The van der Waals surface area contributed by atoms with Gasteiger partial charge in [-0.3, -0.25) is 9.59 Å². The molecule has 7 heteroatoms. The second-order valence-electron chi connectivity index (χ2n) is 8.11. The number of carbonyl (C=O) groups excluding carboxylic acids is 2. The molecule has 6 nitrogen and oxygen atoms in total. The van der Waals surface area contributed by atoms with Crippen molar-refractivity contribution in [3.63, 3.8) is 0 Å². The SMILES string of the molecule is CCN1C(=O)c2ccccc2S(=O)c2ccc(C(=O)N3CCN(c4ccccc4)CC3)cc21. The van der Waals surface area contributed by atoms with E-state index in [1.165, 1.54) is 0 Å². The third-order valence-corrected chi connectivity index (χ3v) is 7.76. The van der Waals surface area contributed by atoms with Crippen LogP contribution in [-0.2, 0) is 10.8 Å². The summed E-state index contributed by atoms with van der Waals surface area (Å²) in [6, 6.07) is 22.4. The fourth-order valence-electron chi connectivity index (χ4n) is 4.50. The Hall–Kier alpha value is -3.45. The van der Waals surface area contributed by atoms with Gasteiger partial charge in [0.15, 0.2) is 0 Å². The van der Waals surface area contributed by atoms with Gasteiger partial charge in [-0.15, -0.1) is 0 Å². The molecule has 0 aromatic heterocycles. The van der Waals surface area contributed by atoms with Gasteiger partial charge in [0.1, 0.15) is 0 Å². The van der Waals surface area contributed by atoms with Crippen molar-refractivity contribution in [1.82, 2.24) is 4.90 Å². The second-order valence-corrected chi connectivity index (χ2v) is 9.53. The highest BCUT2D eigenvalue weighted by atomic mass is 32.2. The van der Waals surface area contributed by atoms with Crippen LogP contribution < -0.4 is 9.80 Å². The van der Waals surface area contributed by atoms with E-state index in [1.807, 2.05) is 30.0 Å². The van der Waals surface area contributed by atoms with Crippen LogP contribution >= 0.6 is 0 Å². The Morgan fingerprint density at radius 1 is 0.879 bits per heavy atom. The largest absolute Gasteiger partial charge is 0.368 e. The average molecular weight is 460 g/mol. The Morgan fingerprint density at radius 2 is 1.58 bits per heavy atom. The van der Waals surface area contributed by atoms with Crippen molar-refractivity contribution < 1.29 is 13.8 Å². The molecule has 33 heavy (non-hydrogen) atoms. The number of fused-ring (bicyclic) bond motifs is 2. The summed E-state index contributed by atoms with van der Waals surface area (Å²) < 4.78 is 13.3. The van der Waals surface area contributed by atoms with E-state index in [4.69, 9.17) is 0 Å². The highest BCUT2D eigenvalue weighted by Crippen LogP contribution is 2.35. The van der Waals surface area contributed by atoms with Crippen LogP contribution in [0.2, 0.25) is 0 Å². The van der Waals surface area contributed by atoms with Gasteiger partial charge in [0.05, 0.1) is 31.8 Å². The van der Waals surface area contributed by atoms with E-state index in [-0.39, 0.29) is 11.8 Å². The van der Waals surface area contributed by atoms with Gasteiger partial charge >= 0.3 is 0 Å². The zero-order chi connectivity index (χ0) is 22.9. The molecule has 5 rings (SSSR count). The normalized spacial score (nSPS) is 17.9. The van der Waals surface area contributed by atoms with Gasteiger partial charge in [0, 0.05) is 44.0 Å². The molecule has 0 spiro atoms. The molecular weight excluding hydrogens is 434 g/mol. The number of hydrogen-bond acceptors (Lipinski definition) is 4. The maximum absolute atomic E-state index is 13.3. The molecule has 3 aromatic carbocycles. The number of hydrogen-bond donors (Lipinski definition) is 0. The van der Waals surface area contributed by atoms with Gasteiger partial charge in [-0.2, -0.15) is 0 Å². The summed E-state index contributed by atoms with van der Waals surface area (Å²) in [6.45, 7) is 5.08. The zero-order valence-corrected chi connectivity index (χ0v) is 19.3. The van der Waals surface area contributed by atoms with Crippen LogP contribution in [0, 0.1) is 0 Å². The third-order valence-electron chi connectivity index (χ3n) is 6.26. The predicted molar refractivity (Wildman–Crippen MR) is 129 cm³/mol. The lowest BCUT2D eigenvalue weighted by Gasteiger charge is -2.36. The average Bonchev–Trinajstić information content (AvgIpc) is 2.97. The first-order valence-electron chi connectivity index (χ1n) is 11.1. The number of nitrogens with zero attached hydrogens (tertiary/aromatic N) is 3. The molecule has 2 aliphatic rings. The monoisotopic (exact) mass is 459 g/mol. The van der Waals surface area contributed by atoms with Crippen molar-refractivity contribution in [2.45, 2.75) is 16.7 Å². The number of amides is 2. The van der Waals surface area contributed by atoms with Crippen molar-refractivity contribution in [3.8, 4) is 0 Å². The Labute approximate surface area is 195 Å². The number of para-hydroxylation sites is 1. The lowest BCUT2D eigenvalue weighted by Crippen LogP contribution is -2.48. The smallest absolute Gasteiger partial charge is 0.259 e. The van der Waals surface area contributed by atoms with Gasteiger partial charge in [-0.1, -0.05) is 30.3 Å². The highest BCUT2D eigenvalue weighted by molar-refractivity contribution is 7.85. The molecule has 1 unspecified atom stereocenters. The van der Waals surface area contributed by atoms with E-state index in [0.29, 0.717) is 46.2 Å². The van der Waals surface area contributed by atoms with E-state index in [1.54, 1.807) is 47.4 Å². The molecule has 0 radical (unpaired) electrons. The van der Waals surface area contributed by atoms with E-state index < -0.39 is 10.8 Å². The lowest BCUT2D eigenvalue weighted by molar-refractivity contribution is 0.0746. The predicted octanol–water partition coefficient (Wildman–Crippen LogP) is 3.80. The molecule has 1 atom stereocenters. The molecule has 1 fully saturated rings. The lowest BCUT2D eigenvalue weighted by atomic mass is 10.1. The van der Waals surface area contributed by atoms with Gasteiger partial charge in [-0.05, 0) is 49.4 Å². The standard InChI is InChI=1S/C26H25N3O3S/c1-2-29-22-18-19(12-13-24(22)33(32)23-11-7-6-10-21(23)26(29)31)25(30)28-16-14-27(15-17-28)20-8-4-3-5-9-20/h3-13,18H,2,14-17H2,1H3. The quantitative estimate of drug-likeness (QED) is 0.598. The first kappa shape index (κ1) is 21.4. The Bertz CT molecular complexity index is 1240. The Morgan fingerprint density at radius 3 is 2.30 bits per heavy atom. The van der Waals surface area contributed by atoms with Crippen molar-refractivity contribution in [2.24, 2.45) is 0 Å². The topological polar surface area (TPSA) is 60.9 Å². The summed E-state index contributed by atoms with van der Waals surface area (Å²) in [5.41, 5.74) is 2.66. The van der Waals surface area contributed by atoms with Gasteiger partial charge in [-0.25, -0.2) is 4.21 Å². The molecule has 0 N–H and O–H groups in total. The highest BCUT2D eigenvalue weighted by Gasteiger charge is 2.31. The fraction of sp³-hybridized carbons (Fsp3) is 0.231. The van der Waals surface area contributed by atoms with Crippen LogP contribution in [-0.4, -0.2) is 53.6 Å². The first-order chi connectivity index (χ1) is 16.1. The summed E-state index contributed by atoms with van der Waals surface area (Å²) in [6.07, 6.45) is 0. The van der Waals surface area contributed by atoms with Crippen LogP contribution in [0.5, 0.6) is 0 Å². The van der Waals surface area contributed by atoms with Crippen LogP contribution in [0.4, 0.5) is 11.4 Å². The maximum Gasteiger partial charge on any atom is 0.259 e. The molecule has 2 amide bonds. The fourth-order valence-corrected chi connectivity index (χ4v) is 5.84. The van der Waals surface area contributed by atoms with Crippen LogP contribution in [0.25, 0.3) is 0 Å². The summed E-state index contributed by atoms with van der Waals surface area (Å²) >= 11 is 0. The number of benzene rings is 3. The van der Waals surface area contributed by atoms with E-state index in [0.717, 1.165) is 18.8 Å².